The van der Waals surface area contributed by atoms with Gasteiger partial charge in [0.1, 0.15) is 0 Å². The Morgan fingerprint density at radius 1 is 1.64 bits per heavy atom. The summed E-state index contributed by atoms with van der Waals surface area (Å²) >= 11 is 1.42. The molecule has 0 aromatic carbocycles. The summed E-state index contributed by atoms with van der Waals surface area (Å²) in [5.74, 6) is 0.604. The first-order chi connectivity index (χ1) is 6.70. The van der Waals surface area contributed by atoms with Crippen LogP contribution in [0.1, 0.15) is 16.1 Å². The summed E-state index contributed by atoms with van der Waals surface area (Å²) in [5, 5.41) is 4.65. The van der Waals surface area contributed by atoms with Crippen molar-refractivity contribution < 1.29 is 9.00 Å². The molecule has 5 heteroatoms. The first-order valence-electron chi connectivity index (χ1n) is 4.32. The van der Waals surface area contributed by atoms with E-state index in [0.717, 1.165) is 11.3 Å². The molecule has 0 radical (unpaired) electrons. The van der Waals surface area contributed by atoms with Crippen LogP contribution < -0.4 is 5.32 Å². The van der Waals surface area contributed by atoms with Crippen molar-refractivity contribution in [1.29, 1.82) is 0 Å². The Hall–Kier alpha value is -0.680. The van der Waals surface area contributed by atoms with E-state index in [1.54, 1.807) is 12.3 Å². The normalized spacial score (nSPS) is 12.4. The van der Waals surface area contributed by atoms with Crippen molar-refractivity contribution in [2.24, 2.45) is 0 Å². The molecule has 0 bridgehead atoms. The van der Waals surface area contributed by atoms with Gasteiger partial charge in [0.25, 0.3) is 5.91 Å². The lowest BCUT2D eigenvalue weighted by molar-refractivity contribution is 0.0958. The van der Waals surface area contributed by atoms with Gasteiger partial charge in [0.2, 0.25) is 0 Å². The van der Waals surface area contributed by atoms with Crippen LogP contribution in [0.25, 0.3) is 0 Å². The number of thiophene rings is 1. The van der Waals surface area contributed by atoms with Crippen LogP contribution in [0.5, 0.6) is 0 Å². The van der Waals surface area contributed by atoms with Crippen molar-refractivity contribution in [2.75, 3.05) is 18.6 Å². The highest BCUT2D eigenvalue weighted by Gasteiger charge is 2.04. The van der Waals surface area contributed by atoms with Crippen LogP contribution in [0.2, 0.25) is 0 Å². The Morgan fingerprint density at radius 3 is 3.00 bits per heavy atom. The highest BCUT2D eigenvalue weighted by atomic mass is 32.2. The number of carbonyl (C=O) groups is 1. The minimum absolute atomic E-state index is 0.0399. The largest absolute Gasteiger partial charge is 0.351 e. The predicted octanol–water partition coefficient (Wildman–Crippen LogP) is 1.25. The van der Waals surface area contributed by atoms with Crippen molar-refractivity contribution in [2.45, 2.75) is 6.42 Å². The molecule has 3 nitrogen and oxygen atoms in total. The van der Waals surface area contributed by atoms with Crippen LogP contribution in [0, 0.1) is 0 Å². The van der Waals surface area contributed by atoms with Crippen LogP contribution in [0.3, 0.4) is 0 Å². The van der Waals surface area contributed by atoms with Gasteiger partial charge in [-0.25, -0.2) is 0 Å². The van der Waals surface area contributed by atoms with Crippen LogP contribution in [0.15, 0.2) is 17.5 Å². The smallest absolute Gasteiger partial charge is 0.261 e. The molecular formula is C9H13NO2S2. The molecule has 1 atom stereocenters. The third-order valence-electron chi connectivity index (χ3n) is 1.64. The van der Waals surface area contributed by atoms with Crippen molar-refractivity contribution >= 4 is 28.0 Å². The van der Waals surface area contributed by atoms with Crippen molar-refractivity contribution in [3.63, 3.8) is 0 Å². The topological polar surface area (TPSA) is 46.2 Å². The monoisotopic (exact) mass is 231 g/mol. The summed E-state index contributed by atoms with van der Waals surface area (Å²) in [4.78, 5) is 12.1. The predicted molar refractivity (Wildman–Crippen MR) is 60.2 cm³/mol. The Labute approximate surface area is 90.0 Å². The van der Waals surface area contributed by atoms with E-state index in [-0.39, 0.29) is 5.91 Å². The second-order valence-corrected chi connectivity index (χ2v) is 5.37. The molecule has 14 heavy (non-hydrogen) atoms. The lowest BCUT2D eigenvalue weighted by Crippen LogP contribution is -2.24. The molecule has 0 fully saturated rings. The molecule has 0 saturated carbocycles. The summed E-state index contributed by atoms with van der Waals surface area (Å²) < 4.78 is 10.7. The molecule has 1 amide bonds. The van der Waals surface area contributed by atoms with Gasteiger partial charge in [0, 0.05) is 29.4 Å². The number of carbonyl (C=O) groups excluding carboxylic acids is 1. The zero-order valence-corrected chi connectivity index (χ0v) is 9.62. The second-order valence-electron chi connectivity index (χ2n) is 2.86. The van der Waals surface area contributed by atoms with E-state index in [4.69, 9.17) is 0 Å². The Balaban J connectivity index is 2.19. The highest BCUT2D eigenvalue weighted by Crippen LogP contribution is 2.07. The minimum Gasteiger partial charge on any atom is -0.351 e. The van der Waals surface area contributed by atoms with Crippen molar-refractivity contribution in [3.05, 3.63) is 22.4 Å². The molecule has 1 aromatic rings. The van der Waals surface area contributed by atoms with Gasteiger partial charge in [-0.3, -0.25) is 9.00 Å². The fraction of sp³-hybridized carbons (Fsp3) is 0.444. The van der Waals surface area contributed by atoms with E-state index in [9.17, 15) is 9.00 Å². The van der Waals surface area contributed by atoms with Crippen LogP contribution in [-0.4, -0.2) is 28.7 Å². The van der Waals surface area contributed by atoms with E-state index < -0.39 is 10.8 Å². The SMILES string of the molecule is CS(=O)CCCNC(=O)c1cccs1. The summed E-state index contributed by atoms with van der Waals surface area (Å²) in [6.45, 7) is 0.594. The average molecular weight is 231 g/mol. The van der Waals surface area contributed by atoms with E-state index >= 15 is 0 Å². The fourth-order valence-corrected chi connectivity index (χ4v) is 2.16. The lowest BCUT2D eigenvalue weighted by Gasteiger charge is -2.01. The van der Waals surface area contributed by atoms with Crippen LogP contribution in [0.4, 0.5) is 0 Å². The number of rotatable bonds is 5. The summed E-state index contributed by atoms with van der Waals surface area (Å²) in [7, 11) is -0.766. The average Bonchev–Trinajstić information content (AvgIpc) is 2.64. The molecule has 1 aromatic heterocycles. The molecule has 0 aliphatic rings. The van der Waals surface area contributed by atoms with Gasteiger partial charge in [-0.15, -0.1) is 11.3 Å². The van der Waals surface area contributed by atoms with Gasteiger partial charge in [-0.05, 0) is 17.9 Å². The molecular weight excluding hydrogens is 218 g/mol. The first-order valence-corrected chi connectivity index (χ1v) is 6.92. The molecule has 1 unspecified atom stereocenters. The molecule has 78 valence electrons. The third kappa shape index (κ3) is 4.02. The standard InChI is InChI=1S/C9H13NO2S2/c1-14(12)7-3-5-10-9(11)8-4-2-6-13-8/h2,4,6H,3,5,7H2,1H3,(H,10,11). The maximum absolute atomic E-state index is 11.4. The maximum Gasteiger partial charge on any atom is 0.261 e. The first kappa shape index (κ1) is 11.4. The molecule has 1 rings (SSSR count). The minimum atomic E-state index is -0.766. The van der Waals surface area contributed by atoms with Gasteiger partial charge >= 0.3 is 0 Å². The van der Waals surface area contributed by atoms with Gasteiger partial charge in [0.05, 0.1) is 4.88 Å². The highest BCUT2D eigenvalue weighted by molar-refractivity contribution is 7.84. The third-order valence-corrected chi connectivity index (χ3v) is 3.37. The maximum atomic E-state index is 11.4. The zero-order valence-electron chi connectivity index (χ0n) is 7.99. The lowest BCUT2D eigenvalue weighted by atomic mass is 10.4. The second kappa shape index (κ2) is 5.93. The number of amides is 1. The van der Waals surface area contributed by atoms with Gasteiger partial charge in [0.15, 0.2) is 0 Å². The molecule has 0 saturated heterocycles. The van der Waals surface area contributed by atoms with Gasteiger partial charge in [-0.1, -0.05) is 6.07 Å². The van der Waals surface area contributed by atoms with E-state index in [2.05, 4.69) is 5.32 Å². The fourth-order valence-electron chi connectivity index (χ4n) is 0.972. The Bertz CT molecular complexity index is 309. The molecule has 0 spiro atoms. The van der Waals surface area contributed by atoms with Crippen molar-refractivity contribution in [1.82, 2.24) is 5.32 Å². The zero-order chi connectivity index (χ0) is 10.4. The quantitative estimate of drug-likeness (QED) is 0.775. The molecule has 1 N–H and O–H groups in total. The number of hydrogen-bond donors (Lipinski definition) is 1. The van der Waals surface area contributed by atoms with E-state index in [1.807, 2.05) is 11.4 Å². The number of hydrogen-bond acceptors (Lipinski definition) is 3. The van der Waals surface area contributed by atoms with E-state index in [1.165, 1.54) is 11.3 Å². The van der Waals surface area contributed by atoms with Crippen molar-refractivity contribution in [3.8, 4) is 0 Å². The molecule has 1 heterocycles. The molecule has 0 aliphatic heterocycles. The number of nitrogens with one attached hydrogen (secondary N) is 1. The summed E-state index contributed by atoms with van der Waals surface area (Å²) in [5.41, 5.74) is 0. The Kier molecular flexibility index (Phi) is 4.82. The Morgan fingerprint density at radius 2 is 2.43 bits per heavy atom. The van der Waals surface area contributed by atoms with Gasteiger partial charge < -0.3 is 5.32 Å². The van der Waals surface area contributed by atoms with Crippen LogP contribution >= 0.6 is 11.3 Å². The van der Waals surface area contributed by atoms with Crippen LogP contribution in [-0.2, 0) is 10.8 Å². The van der Waals surface area contributed by atoms with E-state index in [0.29, 0.717) is 12.3 Å². The molecule has 0 aliphatic carbocycles. The summed E-state index contributed by atoms with van der Waals surface area (Å²) in [6, 6.07) is 3.64. The van der Waals surface area contributed by atoms with Gasteiger partial charge in [-0.2, -0.15) is 0 Å². The summed E-state index contributed by atoms with van der Waals surface area (Å²) in [6.07, 6.45) is 2.43.